The van der Waals surface area contributed by atoms with E-state index in [2.05, 4.69) is 5.32 Å². The van der Waals surface area contributed by atoms with Crippen molar-refractivity contribution in [2.75, 3.05) is 26.8 Å². The van der Waals surface area contributed by atoms with E-state index < -0.39 is 5.41 Å². The number of nitrogens with zero attached hydrogens (tertiary/aromatic N) is 1. The maximum absolute atomic E-state index is 14.1. The molecule has 1 aliphatic carbocycles. The van der Waals surface area contributed by atoms with Gasteiger partial charge in [0.15, 0.2) is 0 Å². The van der Waals surface area contributed by atoms with Crippen molar-refractivity contribution in [3.63, 3.8) is 0 Å². The number of carbonyl (C=O) groups excluding carboxylic acids is 3. The SMILES string of the molecule is CCCOC(=O)C1(c2ccccc2)CC[C@@H](C(=O)N2CCCC(NC(=O)c3ccccc3OC)CC2)c2ccccc21. The van der Waals surface area contributed by atoms with E-state index in [0.717, 1.165) is 36.0 Å². The van der Waals surface area contributed by atoms with E-state index in [9.17, 15) is 14.4 Å². The van der Waals surface area contributed by atoms with Crippen LogP contribution in [0.1, 0.15) is 78.4 Å². The molecule has 2 aliphatic rings. The van der Waals surface area contributed by atoms with Crippen molar-refractivity contribution >= 4 is 17.8 Å². The first-order valence-corrected chi connectivity index (χ1v) is 15.0. The minimum absolute atomic E-state index is 0.0297. The largest absolute Gasteiger partial charge is 0.496 e. The number of benzene rings is 3. The zero-order chi connectivity index (χ0) is 29.5. The smallest absolute Gasteiger partial charge is 0.321 e. The molecule has 42 heavy (non-hydrogen) atoms. The van der Waals surface area contributed by atoms with Crippen LogP contribution in [-0.2, 0) is 19.7 Å². The molecule has 3 aromatic rings. The Morgan fingerprint density at radius 3 is 2.43 bits per heavy atom. The highest BCUT2D eigenvalue weighted by atomic mass is 16.5. The Balaban J connectivity index is 1.35. The van der Waals surface area contributed by atoms with Crippen molar-refractivity contribution in [3.05, 3.63) is 101 Å². The van der Waals surface area contributed by atoms with Crippen molar-refractivity contribution in [1.82, 2.24) is 10.2 Å². The molecule has 1 saturated heterocycles. The number of hydrogen-bond acceptors (Lipinski definition) is 5. The van der Waals surface area contributed by atoms with Crippen LogP contribution >= 0.6 is 0 Å². The summed E-state index contributed by atoms with van der Waals surface area (Å²) in [6.45, 7) is 3.56. The fraction of sp³-hybridized carbons (Fsp3) is 0.400. The Bertz CT molecular complexity index is 1410. The lowest BCUT2D eigenvalue weighted by Gasteiger charge is -2.41. The fourth-order valence-electron chi connectivity index (χ4n) is 6.54. The summed E-state index contributed by atoms with van der Waals surface area (Å²) in [6, 6.07) is 24.9. The van der Waals surface area contributed by atoms with E-state index in [1.54, 1.807) is 19.2 Å². The average molecular weight is 569 g/mol. The highest BCUT2D eigenvalue weighted by Gasteiger charge is 2.50. The number of methoxy groups -OCH3 is 1. The standard InChI is InChI=1S/C35H40N2O5/c1-3-24-42-34(40)35(25-12-5-4-6-13-25)21-19-28(27-15-7-9-17-30(27)35)33(39)37-22-11-14-26(20-23-37)36-32(38)29-16-8-10-18-31(29)41-2/h4-10,12-13,15-18,26,28H,3,11,14,19-24H2,1-2H3,(H,36,38)/t26?,28-,35?/m1/s1. The molecule has 220 valence electrons. The number of amides is 2. The summed E-state index contributed by atoms with van der Waals surface area (Å²) in [5, 5.41) is 3.15. The van der Waals surface area contributed by atoms with Gasteiger partial charge in [-0.2, -0.15) is 0 Å². The van der Waals surface area contributed by atoms with Gasteiger partial charge in [-0.3, -0.25) is 14.4 Å². The maximum atomic E-state index is 14.1. The normalized spacial score (nSPS) is 21.9. The summed E-state index contributed by atoms with van der Waals surface area (Å²) < 4.78 is 11.1. The van der Waals surface area contributed by atoms with Crippen molar-refractivity contribution in [2.24, 2.45) is 0 Å². The van der Waals surface area contributed by atoms with Crippen LogP contribution in [0, 0.1) is 0 Å². The molecule has 1 N–H and O–H groups in total. The summed E-state index contributed by atoms with van der Waals surface area (Å²) in [7, 11) is 1.56. The first-order valence-electron chi connectivity index (χ1n) is 15.0. The van der Waals surface area contributed by atoms with Gasteiger partial charge >= 0.3 is 5.97 Å². The van der Waals surface area contributed by atoms with Crippen molar-refractivity contribution in [3.8, 4) is 5.75 Å². The number of fused-ring (bicyclic) bond motifs is 1. The van der Waals surface area contributed by atoms with Gasteiger partial charge in [0, 0.05) is 19.1 Å². The van der Waals surface area contributed by atoms with E-state index in [1.807, 2.05) is 78.6 Å². The molecule has 1 aliphatic heterocycles. The van der Waals surface area contributed by atoms with Gasteiger partial charge in [0.25, 0.3) is 5.91 Å². The van der Waals surface area contributed by atoms with Crippen molar-refractivity contribution < 1.29 is 23.9 Å². The van der Waals surface area contributed by atoms with E-state index >= 15 is 0 Å². The first-order chi connectivity index (χ1) is 20.5. The van der Waals surface area contributed by atoms with Crippen LogP contribution in [0.25, 0.3) is 0 Å². The second-order valence-electron chi connectivity index (χ2n) is 11.2. The summed E-state index contributed by atoms with van der Waals surface area (Å²) in [5.41, 5.74) is 2.22. The quantitative estimate of drug-likeness (QED) is 0.357. The molecule has 7 heteroatoms. The number of rotatable bonds is 8. The van der Waals surface area contributed by atoms with Gasteiger partial charge in [-0.15, -0.1) is 0 Å². The van der Waals surface area contributed by atoms with Crippen LogP contribution in [0.5, 0.6) is 5.75 Å². The number of nitrogens with one attached hydrogen (secondary N) is 1. The van der Waals surface area contributed by atoms with Crippen LogP contribution in [-0.4, -0.2) is 55.5 Å². The molecule has 3 atom stereocenters. The van der Waals surface area contributed by atoms with E-state index in [4.69, 9.17) is 9.47 Å². The first kappa shape index (κ1) is 29.4. The topological polar surface area (TPSA) is 84.9 Å². The second-order valence-corrected chi connectivity index (χ2v) is 11.2. The van der Waals surface area contributed by atoms with Crippen LogP contribution in [0.2, 0.25) is 0 Å². The minimum Gasteiger partial charge on any atom is -0.496 e. The Morgan fingerprint density at radius 1 is 0.905 bits per heavy atom. The number of likely N-dealkylation sites (tertiary alicyclic amines) is 1. The minimum atomic E-state index is -0.948. The molecule has 7 nitrogen and oxygen atoms in total. The van der Waals surface area contributed by atoms with Gasteiger partial charge in [0.2, 0.25) is 5.91 Å². The lowest BCUT2D eigenvalue weighted by molar-refractivity contribution is -0.150. The van der Waals surface area contributed by atoms with Crippen molar-refractivity contribution in [2.45, 2.75) is 62.8 Å². The maximum Gasteiger partial charge on any atom is 0.321 e. The predicted molar refractivity (Wildman–Crippen MR) is 162 cm³/mol. The van der Waals surface area contributed by atoms with E-state index in [-0.39, 0.29) is 29.7 Å². The molecular formula is C35H40N2O5. The molecule has 2 unspecified atom stereocenters. The third-order valence-electron chi connectivity index (χ3n) is 8.68. The van der Waals surface area contributed by atoms with Gasteiger partial charge < -0.3 is 19.7 Å². The fourth-order valence-corrected chi connectivity index (χ4v) is 6.54. The van der Waals surface area contributed by atoms with E-state index in [0.29, 0.717) is 50.3 Å². The highest BCUT2D eigenvalue weighted by Crippen LogP contribution is 2.48. The Morgan fingerprint density at radius 2 is 1.64 bits per heavy atom. The molecule has 2 amide bonds. The van der Waals surface area contributed by atoms with Gasteiger partial charge in [-0.25, -0.2) is 0 Å². The summed E-state index contributed by atoms with van der Waals surface area (Å²) in [4.78, 5) is 42.8. The van der Waals surface area contributed by atoms with Gasteiger partial charge in [-0.05, 0) is 67.3 Å². The average Bonchev–Trinajstić information content (AvgIpc) is 3.28. The molecule has 0 aromatic heterocycles. The molecule has 0 bridgehead atoms. The summed E-state index contributed by atoms with van der Waals surface area (Å²) >= 11 is 0. The van der Waals surface area contributed by atoms with Crippen LogP contribution in [0.3, 0.4) is 0 Å². The molecule has 5 rings (SSSR count). The van der Waals surface area contributed by atoms with Crippen LogP contribution in [0.15, 0.2) is 78.9 Å². The second kappa shape index (κ2) is 13.2. The summed E-state index contributed by atoms with van der Waals surface area (Å²) in [6.07, 6.45) is 4.07. The number of carbonyl (C=O) groups is 3. The van der Waals surface area contributed by atoms with Gasteiger partial charge in [0.1, 0.15) is 11.2 Å². The number of para-hydroxylation sites is 1. The number of hydrogen-bond donors (Lipinski definition) is 1. The summed E-state index contributed by atoms with van der Waals surface area (Å²) in [5.74, 6) is -0.121. The molecular weight excluding hydrogens is 528 g/mol. The molecule has 3 aromatic carbocycles. The van der Waals surface area contributed by atoms with Crippen LogP contribution < -0.4 is 10.1 Å². The molecule has 1 fully saturated rings. The Labute approximate surface area is 248 Å². The third kappa shape index (κ3) is 5.78. The van der Waals surface area contributed by atoms with Gasteiger partial charge in [-0.1, -0.05) is 73.7 Å². The number of esters is 1. The number of ether oxygens (including phenoxy) is 2. The van der Waals surface area contributed by atoms with E-state index in [1.165, 1.54) is 0 Å². The monoisotopic (exact) mass is 568 g/mol. The predicted octanol–water partition coefficient (Wildman–Crippen LogP) is 5.62. The molecule has 0 saturated carbocycles. The zero-order valence-corrected chi connectivity index (χ0v) is 24.5. The third-order valence-corrected chi connectivity index (χ3v) is 8.68. The van der Waals surface area contributed by atoms with Gasteiger partial charge in [0.05, 0.1) is 25.2 Å². The molecule has 0 spiro atoms. The molecule has 0 radical (unpaired) electrons. The highest BCUT2D eigenvalue weighted by molar-refractivity contribution is 5.97. The Kier molecular flexibility index (Phi) is 9.25. The Hall–Kier alpha value is -4.13. The van der Waals surface area contributed by atoms with Crippen molar-refractivity contribution in [1.29, 1.82) is 0 Å². The lowest BCUT2D eigenvalue weighted by atomic mass is 9.63. The van der Waals surface area contributed by atoms with Crippen LogP contribution in [0.4, 0.5) is 0 Å². The lowest BCUT2D eigenvalue weighted by Crippen LogP contribution is -2.45. The zero-order valence-electron chi connectivity index (χ0n) is 24.5. The molecule has 1 heterocycles.